The molecule has 0 aliphatic carbocycles. The minimum absolute atomic E-state index is 0.0811. The van der Waals surface area contributed by atoms with Crippen molar-refractivity contribution in [2.45, 2.75) is 6.61 Å². The highest BCUT2D eigenvalue weighted by Gasteiger charge is 2.12. The van der Waals surface area contributed by atoms with Gasteiger partial charge in [-0.25, -0.2) is 9.78 Å². The van der Waals surface area contributed by atoms with Crippen LogP contribution in [0.5, 0.6) is 11.5 Å². The van der Waals surface area contributed by atoms with Gasteiger partial charge in [0.05, 0.1) is 18.2 Å². The predicted molar refractivity (Wildman–Crippen MR) is 91.6 cm³/mol. The number of hydrogen-bond donors (Lipinski definition) is 2. The first-order valence-corrected chi connectivity index (χ1v) is 7.51. The van der Waals surface area contributed by atoms with E-state index in [0.29, 0.717) is 22.4 Å². The molecule has 134 valence electrons. The van der Waals surface area contributed by atoms with E-state index in [1.165, 1.54) is 25.3 Å². The van der Waals surface area contributed by atoms with Gasteiger partial charge < -0.3 is 19.6 Å². The van der Waals surface area contributed by atoms with Crippen molar-refractivity contribution >= 4 is 29.2 Å². The van der Waals surface area contributed by atoms with Gasteiger partial charge in [-0.15, -0.1) is 0 Å². The average Bonchev–Trinajstić information content (AvgIpc) is 3.02. The summed E-state index contributed by atoms with van der Waals surface area (Å²) in [4.78, 5) is 18.5. The summed E-state index contributed by atoms with van der Waals surface area (Å²) in [5, 5.41) is 9.19. The number of carbonyl (C=O) groups is 1. The number of nitrogens with zero attached hydrogens (tertiary/aromatic N) is 1. The molecule has 3 rings (SSSR count). The van der Waals surface area contributed by atoms with Crippen LogP contribution in [0.1, 0.15) is 21.7 Å². The number of aromatic amines is 1. The fourth-order valence-corrected chi connectivity index (χ4v) is 2.46. The van der Waals surface area contributed by atoms with E-state index in [1.54, 1.807) is 30.4 Å². The van der Waals surface area contributed by atoms with Gasteiger partial charge in [-0.1, -0.05) is 18.2 Å². The summed E-state index contributed by atoms with van der Waals surface area (Å²) < 4.78 is 34.4. The van der Waals surface area contributed by atoms with Gasteiger partial charge in [0, 0.05) is 0 Å². The molecule has 1 heterocycles. The summed E-state index contributed by atoms with van der Waals surface area (Å²) in [5.74, 6) is -0.526. The number of H-pyrrole nitrogens is 1. The number of halogens is 2. The molecule has 0 unspecified atom stereocenters. The van der Waals surface area contributed by atoms with E-state index in [4.69, 9.17) is 4.74 Å². The van der Waals surface area contributed by atoms with E-state index in [0.717, 1.165) is 0 Å². The number of carboxylic acids is 1. The first kappa shape index (κ1) is 17.4. The summed E-state index contributed by atoms with van der Waals surface area (Å²) >= 11 is 0. The lowest BCUT2D eigenvalue weighted by Crippen LogP contribution is -2.03. The molecule has 0 saturated heterocycles. The zero-order valence-electron chi connectivity index (χ0n) is 13.6. The molecule has 1 aromatic heterocycles. The van der Waals surface area contributed by atoms with Crippen molar-refractivity contribution in [2.75, 3.05) is 7.11 Å². The number of nitrogens with one attached hydrogen (secondary N) is 1. The Kier molecular flexibility index (Phi) is 4.83. The lowest BCUT2D eigenvalue weighted by atomic mass is 10.2. The molecule has 0 fully saturated rings. The van der Waals surface area contributed by atoms with Crippen molar-refractivity contribution in [3.05, 3.63) is 53.3 Å². The molecule has 26 heavy (non-hydrogen) atoms. The van der Waals surface area contributed by atoms with Gasteiger partial charge in [-0.2, -0.15) is 8.78 Å². The Labute approximate surface area is 146 Å². The number of rotatable bonds is 6. The van der Waals surface area contributed by atoms with Gasteiger partial charge in [-0.05, 0) is 35.9 Å². The monoisotopic (exact) mass is 360 g/mol. The van der Waals surface area contributed by atoms with Crippen LogP contribution in [0.4, 0.5) is 8.78 Å². The second kappa shape index (κ2) is 7.22. The van der Waals surface area contributed by atoms with Crippen molar-refractivity contribution in [3.63, 3.8) is 0 Å². The molecule has 0 saturated carbocycles. The molecular weight excluding hydrogens is 346 g/mol. The number of aromatic nitrogens is 2. The van der Waals surface area contributed by atoms with Crippen molar-refractivity contribution < 1.29 is 28.2 Å². The number of carboxylic acid groups (broad SMARTS) is 1. The molecule has 6 nitrogen and oxygen atoms in total. The van der Waals surface area contributed by atoms with Crippen LogP contribution in [0.3, 0.4) is 0 Å². The van der Waals surface area contributed by atoms with Gasteiger partial charge in [-0.3, -0.25) is 0 Å². The zero-order chi connectivity index (χ0) is 18.7. The topological polar surface area (TPSA) is 84.4 Å². The van der Waals surface area contributed by atoms with Crippen molar-refractivity contribution in [1.29, 1.82) is 0 Å². The lowest BCUT2D eigenvalue weighted by Gasteiger charge is -2.10. The van der Waals surface area contributed by atoms with Crippen LogP contribution < -0.4 is 9.47 Å². The van der Waals surface area contributed by atoms with E-state index in [2.05, 4.69) is 14.7 Å². The molecule has 2 N–H and O–H groups in total. The Bertz CT molecular complexity index is 982. The van der Waals surface area contributed by atoms with Crippen molar-refractivity contribution in [2.24, 2.45) is 0 Å². The molecule has 2 aromatic carbocycles. The number of aromatic carboxylic acids is 1. The van der Waals surface area contributed by atoms with Gasteiger partial charge >= 0.3 is 12.6 Å². The summed E-state index contributed by atoms with van der Waals surface area (Å²) in [7, 11) is 1.36. The number of alkyl halides is 2. The quantitative estimate of drug-likeness (QED) is 0.693. The first-order chi connectivity index (χ1) is 12.5. The molecule has 0 aliphatic rings. The molecule has 0 atom stereocenters. The van der Waals surface area contributed by atoms with E-state index >= 15 is 0 Å². The average molecular weight is 360 g/mol. The second-order valence-electron chi connectivity index (χ2n) is 5.25. The standard InChI is InChI=1S/C18H14F2N2O4/c1-25-13-7-5-10(9-14(13)26-18(19)20)6-8-15-21-12-4-2-3-11(17(23)24)16(12)22-15/h2-9,18H,1H3,(H,21,22)(H,23,24). The number of hydrogen-bond acceptors (Lipinski definition) is 4. The number of imidazole rings is 1. The van der Waals surface area contributed by atoms with E-state index in [9.17, 15) is 18.7 Å². The van der Waals surface area contributed by atoms with Gasteiger partial charge in [0.2, 0.25) is 0 Å². The molecule has 8 heteroatoms. The SMILES string of the molecule is COc1ccc(C=Cc2nc3c(C(=O)O)cccc3[nH]2)cc1OC(F)F. The van der Waals surface area contributed by atoms with Crippen molar-refractivity contribution in [1.82, 2.24) is 9.97 Å². The Morgan fingerprint density at radius 1 is 1.23 bits per heavy atom. The van der Waals surface area contributed by atoms with Crippen LogP contribution >= 0.6 is 0 Å². The zero-order valence-corrected chi connectivity index (χ0v) is 13.6. The van der Waals surface area contributed by atoms with E-state index in [-0.39, 0.29) is 17.1 Å². The highest BCUT2D eigenvalue weighted by Crippen LogP contribution is 2.30. The van der Waals surface area contributed by atoms with Gasteiger partial charge in [0.15, 0.2) is 11.5 Å². The number of fused-ring (bicyclic) bond motifs is 1. The van der Waals surface area contributed by atoms with E-state index < -0.39 is 12.6 Å². The predicted octanol–water partition coefficient (Wildman–Crippen LogP) is 4.04. The largest absolute Gasteiger partial charge is 0.493 e. The summed E-state index contributed by atoms with van der Waals surface area (Å²) in [6.45, 7) is -2.96. The number of para-hydroxylation sites is 1. The third kappa shape index (κ3) is 3.64. The molecule has 0 aliphatic heterocycles. The molecule has 0 amide bonds. The minimum atomic E-state index is -2.96. The van der Waals surface area contributed by atoms with Crippen LogP contribution in [-0.4, -0.2) is 34.8 Å². The number of methoxy groups -OCH3 is 1. The molecule has 3 aromatic rings. The molecule has 0 bridgehead atoms. The molecule has 0 radical (unpaired) electrons. The van der Waals surface area contributed by atoms with Crippen molar-refractivity contribution in [3.8, 4) is 11.5 Å². The van der Waals surface area contributed by atoms with Crippen LogP contribution in [0.25, 0.3) is 23.2 Å². The summed E-state index contributed by atoms with van der Waals surface area (Å²) in [6, 6.07) is 9.39. The highest BCUT2D eigenvalue weighted by molar-refractivity contribution is 6.01. The molecular formula is C18H14F2N2O4. The summed E-state index contributed by atoms with van der Waals surface area (Å²) in [5.41, 5.74) is 1.60. The number of ether oxygens (including phenoxy) is 2. The lowest BCUT2D eigenvalue weighted by molar-refractivity contribution is -0.0512. The normalized spacial score (nSPS) is 11.4. The Hall–Kier alpha value is -3.42. The third-order valence-electron chi connectivity index (χ3n) is 3.60. The third-order valence-corrected chi connectivity index (χ3v) is 3.60. The van der Waals surface area contributed by atoms with Crippen LogP contribution in [0.15, 0.2) is 36.4 Å². The maximum Gasteiger partial charge on any atom is 0.387 e. The Morgan fingerprint density at radius 2 is 2.04 bits per heavy atom. The molecule has 0 spiro atoms. The second-order valence-corrected chi connectivity index (χ2v) is 5.25. The highest BCUT2D eigenvalue weighted by atomic mass is 19.3. The van der Waals surface area contributed by atoms with E-state index in [1.807, 2.05) is 0 Å². The Balaban J connectivity index is 1.91. The number of benzene rings is 2. The maximum atomic E-state index is 12.5. The maximum absolute atomic E-state index is 12.5. The smallest absolute Gasteiger partial charge is 0.387 e. The Morgan fingerprint density at radius 3 is 2.73 bits per heavy atom. The summed E-state index contributed by atoms with van der Waals surface area (Å²) in [6.07, 6.45) is 3.25. The first-order valence-electron chi connectivity index (χ1n) is 7.51. The van der Waals surface area contributed by atoms with Gasteiger partial charge in [0.25, 0.3) is 0 Å². The minimum Gasteiger partial charge on any atom is -0.493 e. The fraction of sp³-hybridized carbons (Fsp3) is 0.111. The van der Waals surface area contributed by atoms with Crippen LogP contribution in [-0.2, 0) is 0 Å². The van der Waals surface area contributed by atoms with Crippen LogP contribution in [0, 0.1) is 0 Å². The fourth-order valence-electron chi connectivity index (χ4n) is 2.46. The van der Waals surface area contributed by atoms with Gasteiger partial charge in [0.1, 0.15) is 11.3 Å². The van der Waals surface area contributed by atoms with Crippen LogP contribution in [0.2, 0.25) is 0 Å².